The van der Waals surface area contributed by atoms with Gasteiger partial charge in [0.05, 0.1) is 4.92 Å². The van der Waals surface area contributed by atoms with E-state index in [0.717, 1.165) is 25.5 Å². The largest absolute Gasteiger partial charge is 0.379 e. The molecule has 0 aliphatic heterocycles. The minimum atomic E-state index is -0.523. The number of hydrogen-bond donors (Lipinski definition) is 1. The highest BCUT2D eigenvalue weighted by atomic mass is 16.6. The summed E-state index contributed by atoms with van der Waals surface area (Å²) in [6.45, 7) is 0.584. The number of carbonyl (C=O) groups is 1. The first kappa shape index (κ1) is 15.5. The van der Waals surface area contributed by atoms with E-state index in [9.17, 15) is 14.9 Å². The van der Waals surface area contributed by atoms with E-state index in [-0.39, 0.29) is 11.4 Å². The van der Waals surface area contributed by atoms with Gasteiger partial charge in [-0.25, -0.2) is 0 Å². The van der Waals surface area contributed by atoms with Crippen LogP contribution >= 0.6 is 0 Å². The molecule has 0 aromatic heterocycles. The van der Waals surface area contributed by atoms with Crippen molar-refractivity contribution in [2.45, 2.75) is 25.7 Å². The van der Waals surface area contributed by atoms with Crippen molar-refractivity contribution >= 4 is 23.3 Å². The Morgan fingerprint density at radius 3 is 2.85 bits per heavy atom. The van der Waals surface area contributed by atoms with E-state index in [1.165, 1.54) is 18.2 Å². The third-order valence-electron chi connectivity index (χ3n) is 2.65. The van der Waals surface area contributed by atoms with E-state index < -0.39 is 4.92 Å². The lowest BCUT2D eigenvalue weighted by Crippen LogP contribution is -2.04. The molecule has 0 aliphatic carbocycles. The number of unbranched alkanes of at least 4 members (excludes halogenated alkanes) is 3. The van der Waals surface area contributed by atoms with Crippen molar-refractivity contribution in [1.82, 2.24) is 0 Å². The molecule has 0 atom stereocenters. The van der Waals surface area contributed by atoms with E-state index in [2.05, 4.69) is 15.3 Å². The second-order valence-corrected chi connectivity index (χ2v) is 4.09. The summed E-state index contributed by atoms with van der Waals surface area (Å²) in [5.41, 5.74) is 8.78. The van der Waals surface area contributed by atoms with E-state index in [1.807, 2.05) is 0 Å². The van der Waals surface area contributed by atoms with Crippen LogP contribution in [-0.2, 0) is 4.79 Å². The zero-order valence-corrected chi connectivity index (χ0v) is 10.9. The second kappa shape index (κ2) is 8.49. The lowest BCUT2D eigenvalue weighted by Gasteiger charge is -2.07. The molecular formula is C12H15N5O3. The van der Waals surface area contributed by atoms with Crippen LogP contribution in [0.15, 0.2) is 23.3 Å². The summed E-state index contributed by atoms with van der Waals surface area (Å²) in [6, 6.07) is 4.27. The Labute approximate surface area is 115 Å². The van der Waals surface area contributed by atoms with E-state index >= 15 is 0 Å². The van der Waals surface area contributed by atoms with Crippen LogP contribution in [0.1, 0.15) is 25.7 Å². The van der Waals surface area contributed by atoms with E-state index in [4.69, 9.17) is 5.53 Å². The zero-order valence-electron chi connectivity index (χ0n) is 10.9. The van der Waals surface area contributed by atoms with Crippen LogP contribution in [0.5, 0.6) is 0 Å². The Kier molecular flexibility index (Phi) is 6.56. The Balaban J connectivity index is 2.62. The number of rotatable bonds is 9. The van der Waals surface area contributed by atoms with Gasteiger partial charge in [0.1, 0.15) is 12.0 Å². The van der Waals surface area contributed by atoms with Crippen molar-refractivity contribution < 1.29 is 9.72 Å². The molecule has 0 saturated carbocycles. The van der Waals surface area contributed by atoms with E-state index in [0.29, 0.717) is 18.7 Å². The summed E-state index contributed by atoms with van der Waals surface area (Å²) >= 11 is 0. The molecule has 0 fully saturated rings. The Morgan fingerprint density at radius 2 is 2.20 bits per heavy atom. The minimum absolute atomic E-state index is 0.122. The maximum atomic E-state index is 10.9. The molecule has 106 valence electrons. The summed E-state index contributed by atoms with van der Waals surface area (Å²) in [4.78, 5) is 23.2. The third kappa shape index (κ3) is 4.95. The van der Waals surface area contributed by atoms with Gasteiger partial charge in [0, 0.05) is 29.6 Å². The third-order valence-corrected chi connectivity index (χ3v) is 2.65. The smallest absolute Gasteiger partial charge is 0.292 e. The first-order valence-corrected chi connectivity index (χ1v) is 6.20. The number of benzene rings is 1. The average Bonchev–Trinajstić information content (AvgIpc) is 2.44. The van der Waals surface area contributed by atoms with Crippen LogP contribution in [0, 0.1) is 10.1 Å². The molecule has 20 heavy (non-hydrogen) atoms. The second-order valence-electron chi connectivity index (χ2n) is 4.09. The van der Waals surface area contributed by atoms with Gasteiger partial charge in [-0.15, -0.1) is 0 Å². The van der Waals surface area contributed by atoms with Gasteiger partial charge in [-0.05, 0) is 24.4 Å². The molecule has 0 amide bonds. The average molecular weight is 277 g/mol. The Hall–Kier alpha value is -2.60. The number of carbonyl (C=O) groups excluding carboxylic acids is 1. The molecule has 0 unspecified atom stereocenters. The van der Waals surface area contributed by atoms with Gasteiger partial charge in [-0.2, -0.15) is 0 Å². The summed E-state index contributed by atoms with van der Waals surface area (Å²) in [5, 5.41) is 17.3. The van der Waals surface area contributed by atoms with Gasteiger partial charge in [-0.3, -0.25) is 10.1 Å². The van der Waals surface area contributed by atoms with Gasteiger partial charge < -0.3 is 10.1 Å². The zero-order chi connectivity index (χ0) is 14.8. The van der Waals surface area contributed by atoms with Gasteiger partial charge >= 0.3 is 0 Å². The molecule has 8 nitrogen and oxygen atoms in total. The normalized spacial score (nSPS) is 9.60. The first-order valence-electron chi connectivity index (χ1n) is 6.20. The predicted octanol–water partition coefficient (Wildman–Crippen LogP) is 3.71. The van der Waals surface area contributed by atoms with Crippen molar-refractivity contribution in [3.8, 4) is 0 Å². The van der Waals surface area contributed by atoms with Gasteiger partial charge in [0.25, 0.3) is 5.69 Å². The first-order chi connectivity index (χ1) is 9.69. The molecule has 0 aliphatic rings. The Morgan fingerprint density at radius 1 is 1.40 bits per heavy atom. The number of aldehydes is 1. The van der Waals surface area contributed by atoms with Gasteiger partial charge in [0.2, 0.25) is 0 Å². The maximum absolute atomic E-state index is 10.9. The highest BCUT2D eigenvalue weighted by molar-refractivity contribution is 5.66. The van der Waals surface area contributed by atoms with Crippen LogP contribution in [-0.4, -0.2) is 17.8 Å². The molecule has 1 aromatic carbocycles. The fourth-order valence-corrected chi connectivity index (χ4v) is 1.69. The quantitative estimate of drug-likeness (QED) is 0.141. The molecule has 1 aromatic rings. The number of nitrogens with one attached hydrogen (secondary N) is 1. The number of nitrogens with zero attached hydrogens (tertiary/aromatic N) is 4. The minimum Gasteiger partial charge on any atom is -0.379 e. The van der Waals surface area contributed by atoms with Crippen LogP contribution in [0.2, 0.25) is 0 Å². The predicted molar refractivity (Wildman–Crippen MR) is 74.9 cm³/mol. The summed E-state index contributed by atoms with van der Waals surface area (Å²) in [5.74, 6) is 0. The van der Waals surface area contributed by atoms with Crippen LogP contribution in [0.4, 0.5) is 17.1 Å². The highest BCUT2D eigenvalue weighted by Crippen LogP contribution is 2.29. The molecule has 0 spiro atoms. The monoisotopic (exact) mass is 277 g/mol. The topological polar surface area (TPSA) is 121 Å². The van der Waals surface area contributed by atoms with Crippen LogP contribution in [0.25, 0.3) is 10.4 Å². The molecule has 1 N–H and O–H groups in total. The fourth-order valence-electron chi connectivity index (χ4n) is 1.69. The number of anilines is 1. The standard InChI is InChI=1S/C12H15N5O3/c13-16-15-10-5-6-11(12(9-10)17(19)20)14-7-3-1-2-4-8-18/h5-6,8-9,14H,1-4,7H2. The van der Waals surface area contributed by atoms with Crippen molar-refractivity contribution in [3.63, 3.8) is 0 Å². The number of azide groups is 1. The number of nitro benzene ring substituents is 1. The molecular weight excluding hydrogens is 262 g/mol. The highest BCUT2D eigenvalue weighted by Gasteiger charge is 2.13. The molecule has 0 bridgehead atoms. The van der Waals surface area contributed by atoms with Gasteiger partial charge in [0.15, 0.2) is 0 Å². The number of hydrogen-bond acceptors (Lipinski definition) is 5. The van der Waals surface area contributed by atoms with E-state index in [1.54, 1.807) is 0 Å². The van der Waals surface area contributed by atoms with Crippen molar-refractivity contribution in [3.05, 3.63) is 38.8 Å². The lowest BCUT2D eigenvalue weighted by molar-refractivity contribution is -0.383. The number of nitro groups is 1. The summed E-state index contributed by atoms with van der Waals surface area (Å²) in [7, 11) is 0. The molecule has 1 rings (SSSR count). The summed E-state index contributed by atoms with van der Waals surface area (Å²) < 4.78 is 0. The maximum Gasteiger partial charge on any atom is 0.292 e. The van der Waals surface area contributed by atoms with Crippen LogP contribution < -0.4 is 5.32 Å². The van der Waals surface area contributed by atoms with Crippen LogP contribution in [0.3, 0.4) is 0 Å². The summed E-state index contributed by atoms with van der Waals surface area (Å²) in [6.07, 6.45) is 3.95. The fraction of sp³-hybridized carbons (Fsp3) is 0.417. The van der Waals surface area contributed by atoms with Gasteiger partial charge in [-0.1, -0.05) is 17.6 Å². The molecule has 8 heteroatoms. The molecule has 0 saturated heterocycles. The van der Waals surface area contributed by atoms with Crippen molar-refractivity contribution in [2.24, 2.45) is 5.11 Å². The lowest BCUT2D eigenvalue weighted by atomic mass is 10.2. The SMILES string of the molecule is [N-]=[N+]=Nc1ccc(NCCCCCC=O)c([N+](=O)[O-])c1. The Bertz CT molecular complexity index is 526. The van der Waals surface area contributed by atoms with Crippen molar-refractivity contribution in [2.75, 3.05) is 11.9 Å². The molecule has 0 heterocycles. The molecule has 0 radical (unpaired) electrons. The van der Waals surface area contributed by atoms with Crippen molar-refractivity contribution in [1.29, 1.82) is 0 Å².